The van der Waals surface area contributed by atoms with Crippen LogP contribution in [0, 0.1) is 17.8 Å². The molecule has 0 aromatic rings. The van der Waals surface area contributed by atoms with E-state index >= 15 is 0 Å². The summed E-state index contributed by atoms with van der Waals surface area (Å²) in [6.07, 6.45) is 6.97. The van der Waals surface area contributed by atoms with E-state index in [4.69, 9.17) is 9.47 Å². The van der Waals surface area contributed by atoms with Gasteiger partial charge in [-0.25, -0.2) is 0 Å². The van der Waals surface area contributed by atoms with Gasteiger partial charge in [0.25, 0.3) is 0 Å². The predicted molar refractivity (Wildman–Crippen MR) is 68.5 cm³/mol. The van der Waals surface area contributed by atoms with Gasteiger partial charge in [-0.1, -0.05) is 6.92 Å². The lowest BCUT2D eigenvalue weighted by Gasteiger charge is -2.30. The molecule has 0 aromatic carbocycles. The molecule has 0 N–H and O–H groups in total. The molecule has 0 amide bonds. The molecule has 106 valence electrons. The molecule has 19 heavy (non-hydrogen) atoms. The number of epoxide rings is 1. The van der Waals surface area contributed by atoms with Crippen molar-refractivity contribution < 1.29 is 19.1 Å². The third kappa shape index (κ3) is 2.83. The largest absolute Gasteiger partial charge is 0.462 e. The molecule has 0 bridgehead atoms. The first-order chi connectivity index (χ1) is 9.17. The van der Waals surface area contributed by atoms with Gasteiger partial charge in [0.15, 0.2) is 0 Å². The van der Waals surface area contributed by atoms with Gasteiger partial charge < -0.3 is 14.3 Å². The van der Waals surface area contributed by atoms with Gasteiger partial charge in [0.05, 0.1) is 18.1 Å². The van der Waals surface area contributed by atoms with Crippen LogP contribution < -0.4 is 0 Å². The molecule has 2 saturated carbocycles. The zero-order valence-corrected chi connectivity index (χ0v) is 11.4. The van der Waals surface area contributed by atoms with E-state index in [0.29, 0.717) is 24.5 Å². The summed E-state index contributed by atoms with van der Waals surface area (Å²) >= 11 is 0. The molecule has 1 aliphatic heterocycles. The summed E-state index contributed by atoms with van der Waals surface area (Å²) in [5.41, 5.74) is 0. The molecule has 6 atom stereocenters. The molecular weight excluding hydrogens is 244 g/mol. The Labute approximate surface area is 113 Å². The number of hydrogen-bond donors (Lipinski definition) is 0. The van der Waals surface area contributed by atoms with Gasteiger partial charge in [-0.2, -0.15) is 0 Å². The first-order valence-electron chi connectivity index (χ1n) is 7.48. The van der Waals surface area contributed by atoms with Gasteiger partial charge in [-0.15, -0.1) is 0 Å². The summed E-state index contributed by atoms with van der Waals surface area (Å²) in [5, 5.41) is 0. The van der Waals surface area contributed by atoms with Crippen molar-refractivity contribution in [1.29, 1.82) is 0 Å². The molecule has 6 unspecified atom stereocenters. The Bertz CT molecular complexity index is 367. The summed E-state index contributed by atoms with van der Waals surface area (Å²) in [4.78, 5) is 23.1. The van der Waals surface area contributed by atoms with Crippen molar-refractivity contribution in [2.45, 2.75) is 63.8 Å². The second-order valence-electron chi connectivity index (χ2n) is 6.39. The summed E-state index contributed by atoms with van der Waals surface area (Å²) in [5.74, 6) is 0.339. The number of rotatable bonds is 3. The van der Waals surface area contributed by atoms with E-state index in [0.717, 1.165) is 38.4 Å². The van der Waals surface area contributed by atoms with Crippen LogP contribution in [0.2, 0.25) is 0 Å². The maximum absolute atomic E-state index is 12.3. The number of ether oxygens (including phenoxy) is 2. The zero-order chi connectivity index (χ0) is 13.4. The molecule has 4 nitrogen and oxygen atoms in total. The number of carbonyl (C=O) groups is 2. The number of fused-ring (bicyclic) bond motifs is 1. The Morgan fingerprint density at radius 3 is 2.79 bits per heavy atom. The first kappa shape index (κ1) is 13.1. The van der Waals surface area contributed by atoms with E-state index in [1.165, 1.54) is 0 Å². The van der Waals surface area contributed by atoms with E-state index < -0.39 is 0 Å². The minimum absolute atomic E-state index is 0.0136. The number of aldehydes is 1. The lowest BCUT2D eigenvalue weighted by molar-refractivity contribution is -0.159. The molecule has 4 heteroatoms. The van der Waals surface area contributed by atoms with Gasteiger partial charge in [0.1, 0.15) is 12.4 Å². The molecule has 0 spiro atoms. The number of hydrogen-bond acceptors (Lipinski definition) is 4. The van der Waals surface area contributed by atoms with Gasteiger partial charge in [0.2, 0.25) is 0 Å². The van der Waals surface area contributed by atoms with Crippen LogP contribution in [0.5, 0.6) is 0 Å². The maximum Gasteiger partial charge on any atom is 0.309 e. The molecule has 0 radical (unpaired) electrons. The van der Waals surface area contributed by atoms with Gasteiger partial charge in [-0.3, -0.25) is 4.79 Å². The van der Waals surface area contributed by atoms with Crippen LogP contribution in [0.4, 0.5) is 0 Å². The normalized spacial score (nSPS) is 45.1. The van der Waals surface area contributed by atoms with Crippen LogP contribution in [0.25, 0.3) is 0 Å². The Balaban J connectivity index is 1.53. The van der Waals surface area contributed by atoms with Crippen molar-refractivity contribution in [3.05, 3.63) is 0 Å². The Morgan fingerprint density at radius 2 is 2.00 bits per heavy atom. The van der Waals surface area contributed by atoms with Crippen molar-refractivity contribution in [3.63, 3.8) is 0 Å². The predicted octanol–water partition coefficient (Wildman–Crippen LogP) is 2.10. The number of carbonyl (C=O) groups excluding carboxylic acids is 2. The van der Waals surface area contributed by atoms with E-state index in [1.807, 2.05) is 0 Å². The Hall–Kier alpha value is -0.900. The lowest BCUT2D eigenvalue weighted by atomic mass is 9.80. The van der Waals surface area contributed by atoms with Gasteiger partial charge in [-0.05, 0) is 44.4 Å². The summed E-state index contributed by atoms with van der Waals surface area (Å²) in [6, 6.07) is 0. The maximum atomic E-state index is 12.3. The average molecular weight is 266 g/mol. The molecule has 2 aliphatic carbocycles. The third-order valence-corrected chi connectivity index (χ3v) is 4.91. The summed E-state index contributed by atoms with van der Waals surface area (Å²) in [6.45, 7) is 2.11. The minimum Gasteiger partial charge on any atom is -0.462 e. The van der Waals surface area contributed by atoms with Gasteiger partial charge in [0, 0.05) is 5.92 Å². The SMILES string of the molecule is CC1CC2OC2CC1C(=O)OC1CCCC(C=O)C1. The highest BCUT2D eigenvalue weighted by Gasteiger charge is 2.49. The van der Waals surface area contributed by atoms with Crippen molar-refractivity contribution in [1.82, 2.24) is 0 Å². The first-order valence-corrected chi connectivity index (χ1v) is 7.48. The second kappa shape index (κ2) is 5.23. The monoisotopic (exact) mass is 266 g/mol. The fraction of sp³-hybridized carbons (Fsp3) is 0.867. The zero-order valence-electron chi connectivity index (χ0n) is 11.4. The summed E-state index contributed by atoms with van der Waals surface area (Å²) in [7, 11) is 0. The van der Waals surface area contributed by atoms with Crippen LogP contribution in [0.3, 0.4) is 0 Å². The molecular formula is C15H22O4. The molecule has 0 aromatic heterocycles. The molecule has 3 rings (SSSR count). The molecule has 3 fully saturated rings. The van der Waals surface area contributed by atoms with Gasteiger partial charge >= 0.3 is 5.97 Å². The van der Waals surface area contributed by atoms with Crippen LogP contribution in [0.1, 0.15) is 45.4 Å². The van der Waals surface area contributed by atoms with E-state index in [-0.39, 0.29) is 23.9 Å². The smallest absolute Gasteiger partial charge is 0.309 e. The van der Waals surface area contributed by atoms with Crippen LogP contribution in [-0.2, 0) is 19.1 Å². The molecule has 1 heterocycles. The van der Waals surface area contributed by atoms with E-state index in [1.54, 1.807) is 0 Å². The van der Waals surface area contributed by atoms with Crippen LogP contribution in [-0.4, -0.2) is 30.6 Å². The fourth-order valence-corrected chi connectivity index (χ4v) is 3.60. The highest BCUT2D eigenvalue weighted by molar-refractivity contribution is 5.73. The van der Waals surface area contributed by atoms with Crippen LogP contribution in [0.15, 0.2) is 0 Å². The third-order valence-electron chi connectivity index (χ3n) is 4.91. The van der Waals surface area contributed by atoms with Crippen molar-refractivity contribution in [2.75, 3.05) is 0 Å². The highest BCUT2D eigenvalue weighted by Crippen LogP contribution is 2.43. The Kier molecular flexibility index (Phi) is 3.61. The fourth-order valence-electron chi connectivity index (χ4n) is 3.60. The van der Waals surface area contributed by atoms with E-state index in [9.17, 15) is 9.59 Å². The molecule has 1 saturated heterocycles. The minimum atomic E-state index is -0.0713. The lowest BCUT2D eigenvalue weighted by Crippen LogP contribution is -2.34. The highest BCUT2D eigenvalue weighted by atomic mass is 16.6. The second-order valence-corrected chi connectivity index (χ2v) is 6.39. The average Bonchev–Trinajstić information content (AvgIpc) is 3.15. The standard InChI is InChI=1S/C15H22O4/c1-9-5-13-14(19-13)7-12(9)15(17)18-11-4-2-3-10(6-11)8-16/h8-14H,2-7H2,1H3. The topological polar surface area (TPSA) is 55.9 Å². The van der Waals surface area contributed by atoms with Crippen molar-refractivity contribution in [2.24, 2.45) is 17.8 Å². The quantitative estimate of drug-likeness (QED) is 0.446. The number of esters is 1. The summed E-state index contributed by atoms with van der Waals surface area (Å²) < 4.78 is 11.1. The van der Waals surface area contributed by atoms with Crippen molar-refractivity contribution >= 4 is 12.3 Å². The van der Waals surface area contributed by atoms with E-state index in [2.05, 4.69) is 6.92 Å². The van der Waals surface area contributed by atoms with Crippen molar-refractivity contribution in [3.8, 4) is 0 Å². The Morgan fingerprint density at radius 1 is 1.21 bits per heavy atom. The van der Waals surface area contributed by atoms with Crippen LogP contribution >= 0.6 is 0 Å². The molecule has 3 aliphatic rings.